The van der Waals surface area contributed by atoms with Crippen molar-refractivity contribution < 1.29 is 27.1 Å². The van der Waals surface area contributed by atoms with Crippen LogP contribution in [0.15, 0.2) is 47.5 Å². The van der Waals surface area contributed by atoms with Crippen molar-refractivity contribution in [2.24, 2.45) is 4.99 Å². The molecule has 1 aromatic carbocycles. The minimum absolute atomic E-state index is 0.162. The summed E-state index contributed by atoms with van der Waals surface area (Å²) in [5, 5.41) is 9.42. The van der Waals surface area contributed by atoms with E-state index in [9.17, 15) is 18.3 Å². The van der Waals surface area contributed by atoms with Crippen LogP contribution >= 0.6 is 0 Å². The summed E-state index contributed by atoms with van der Waals surface area (Å²) in [5.41, 5.74) is 0.744. The first-order chi connectivity index (χ1) is 9.33. The molecule has 0 fully saturated rings. The molecule has 8 heteroatoms. The number of benzene rings is 1. The summed E-state index contributed by atoms with van der Waals surface area (Å²) in [5.74, 6) is -1.07. The van der Waals surface area contributed by atoms with Crippen LogP contribution in [-0.4, -0.2) is 29.6 Å². The normalized spacial score (nSPS) is 14.4. The highest BCUT2D eigenvalue weighted by Crippen LogP contribution is 2.31. The third-order valence-electron chi connectivity index (χ3n) is 2.23. The van der Waals surface area contributed by atoms with Gasteiger partial charge in [0, 0.05) is 6.07 Å². The molecular formula is C12H9NO6S. The van der Waals surface area contributed by atoms with Crippen molar-refractivity contribution in [3.8, 4) is 11.5 Å². The first kappa shape index (κ1) is 14.0. The highest BCUT2D eigenvalue weighted by Gasteiger charge is 2.12. The van der Waals surface area contributed by atoms with Gasteiger partial charge in [0.15, 0.2) is 17.3 Å². The molecule has 0 saturated carbocycles. The van der Waals surface area contributed by atoms with Crippen molar-refractivity contribution in [3.05, 3.63) is 42.5 Å². The molecule has 0 unspecified atom stereocenters. The molecule has 0 aliphatic heterocycles. The Labute approximate surface area is 114 Å². The van der Waals surface area contributed by atoms with Crippen molar-refractivity contribution >= 4 is 27.6 Å². The fourth-order valence-corrected chi connectivity index (χ4v) is 1.78. The van der Waals surface area contributed by atoms with Crippen LogP contribution in [-0.2, 0) is 15.2 Å². The molecular weight excluding hydrogens is 286 g/mol. The molecule has 0 atom stereocenters. The zero-order chi connectivity index (χ0) is 14.8. The molecule has 2 N–H and O–H groups in total. The second-order valence-corrected chi connectivity index (χ2v) is 4.79. The third kappa shape index (κ3) is 3.77. The van der Waals surface area contributed by atoms with Crippen LogP contribution in [0.5, 0.6) is 11.5 Å². The Balaban J connectivity index is 2.33. The summed E-state index contributed by atoms with van der Waals surface area (Å²) in [6, 6.07) is 3.72. The summed E-state index contributed by atoms with van der Waals surface area (Å²) in [6.45, 7) is 0. The van der Waals surface area contributed by atoms with Crippen LogP contribution in [0.25, 0.3) is 0 Å². The summed E-state index contributed by atoms with van der Waals surface area (Å²) < 4.78 is 34.0. The van der Waals surface area contributed by atoms with Gasteiger partial charge in [0.2, 0.25) is 0 Å². The minimum Gasteiger partial charge on any atom is -0.504 e. The number of hydrogen-bond acceptors (Lipinski definition) is 6. The van der Waals surface area contributed by atoms with Gasteiger partial charge in [-0.1, -0.05) is 0 Å². The zero-order valence-corrected chi connectivity index (χ0v) is 10.7. The maximum atomic E-state index is 10.9. The summed E-state index contributed by atoms with van der Waals surface area (Å²) in [4.78, 5) is 15.0. The van der Waals surface area contributed by atoms with Crippen LogP contribution in [0.3, 0.4) is 0 Å². The Morgan fingerprint density at radius 1 is 1.10 bits per heavy atom. The Morgan fingerprint density at radius 2 is 1.75 bits per heavy atom. The second-order valence-electron chi connectivity index (χ2n) is 3.77. The summed E-state index contributed by atoms with van der Waals surface area (Å²) >= 11 is 0. The lowest BCUT2D eigenvalue weighted by Crippen LogP contribution is -2.06. The van der Waals surface area contributed by atoms with E-state index in [1.165, 1.54) is 36.4 Å². The van der Waals surface area contributed by atoms with E-state index in [4.69, 9.17) is 4.55 Å². The Kier molecular flexibility index (Phi) is 3.68. The standard InChI is InChI=1S/C12H9NO6S/c14-10-4-1-8(2-5-10)13-9-3-6-11(15)12(7-9)19-20(16,17)18/h1-7,15H,(H,16,17,18). The molecule has 0 radical (unpaired) electrons. The SMILES string of the molecule is O=C1C=CC(=Nc2ccc(O)c(OS(=O)(=O)O)c2)C=C1. The number of allylic oxidation sites excluding steroid dienone is 4. The average molecular weight is 295 g/mol. The lowest BCUT2D eigenvalue weighted by atomic mass is 10.1. The fourth-order valence-electron chi connectivity index (χ4n) is 1.42. The number of carbonyl (C=O) groups is 1. The van der Waals surface area contributed by atoms with Gasteiger partial charge in [-0.25, -0.2) is 4.99 Å². The third-order valence-corrected chi connectivity index (χ3v) is 2.62. The second kappa shape index (κ2) is 5.27. The predicted octanol–water partition coefficient (Wildman–Crippen LogP) is 1.34. The highest BCUT2D eigenvalue weighted by molar-refractivity contribution is 7.81. The van der Waals surface area contributed by atoms with Gasteiger partial charge in [0.05, 0.1) is 11.4 Å². The van der Waals surface area contributed by atoms with Gasteiger partial charge in [-0.3, -0.25) is 9.35 Å². The number of phenols is 1. The molecule has 7 nitrogen and oxygen atoms in total. The first-order valence-corrected chi connectivity index (χ1v) is 6.69. The molecule has 0 heterocycles. The average Bonchev–Trinajstić information content (AvgIpc) is 2.34. The molecule has 1 aliphatic carbocycles. The lowest BCUT2D eigenvalue weighted by molar-refractivity contribution is -0.110. The lowest BCUT2D eigenvalue weighted by Gasteiger charge is -2.05. The van der Waals surface area contributed by atoms with Crippen molar-refractivity contribution in [2.45, 2.75) is 0 Å². The van der Waals surface area contributed by atoms with Crippen molar-refractivity contribution in [2.75, 3.05) is 0 Å². The Morgan fingerprint density at radius 3 is 2.35 bits per heavy atom. The van der Waals surface area contributed by atoms with Crippen LogP contribution in [0.2, 0.25) is 0 Å². The van der Waals surface area contributed by atoms with Crippen LogP contribution in [0.1, 0.15) is 0 Å². The van der Waals surface area contributed by atoms with Crippen LogP contribution in [0, 0.1) is 0 Å². The number of aromatic hydroxyl groups is 1. The maximum Gasteiger partial charge on any atom is 0.446 e. The number of hydrogen-bond donors (Lipinski definition) is 2. The van der Waals surface area contributed by atoms with Gasteiger partial charge < -0.3 is 9.29 Å². The Bertz CT molecular complexity index is 727. The van der Waals surface area contributed by atoms with Gasteiger partial charge in [0.1, 0.15) is 0 Å². The smallest absolute Gasteiger partial charge is 0.446 e. The van der Waals surface area contributed by atoms with E-state index in [1.54, 1.807) is 0 Å². The van der Waals surface area contributed by atoms with Crippen molar-refractivity contribution in [3.63, 3.8) is 0 Å². The van der Waals surface area contributed by atoms with E-state index in [1.807, 2.05) is 0 Å². The number of rotatable bonds is 3. The number of phenolic OH excluding ortho intramolecular Hbond substituents is 1. The van der Waals surface area contributed by atoms with Gasteiger partial charge in [-0.15, -0.1) is 0 Å². The topological polar surface area (TPSA) is 113 Å². The highest BCUT2D eigenvalue weighted by atomic mass is 32.3. The molecule has 2 rings (SSSR count). The number of aliphatic imine (C=N–C) groups is 1. The van der Waals surface area contributed by atoms with E-state index < -0.39 is 21.9 Å². The van der Waals surface area contributed by atoms with E-state index in [0.29, 0.717) is 5.71 Å². The van der Waals surface area contributed by atoms with Crippen LogP contribution in [0.4, 0.5) is 5.69 Å². The Hall–Kier alpha value is -2.45. The van der Waals surface area contributed by atoms with Gasteiger partial charge >= 0.3 is 10.4 Å². The van der Waals surface area contributed by atoms with E-state index in [-0.39, 0.29) is 11.5 Å². The summed E-state index contributed by atoms with van der Waals surface area (Å²) in [7, 11) is -4.74. The van der Waals surface area contributed by atoms with Gasteiger partial charge in [-0.2, -0.15) is 8.42 Å². The molecule has 0 amide bonds. The molecule has 0 saturated heterocycles. The number of nitrogens with zero attached hydrogens (tertiary/aromatic N) is 1. The monoisotopic (exact) mass is 295 g/mol. The largest absolute Gasteiger partial charge is 0.504 e. The number of ketones is 1. The van der Waals surface area contributed by atoms with E-state index in [0.717, 1.165) is 6.07 Å². The quantitative estimate of drug-likeness (QED) is 0.642. The van der Waals surface area contributed by atoms with Crippen molar-refractivity contribution in [1.29, 1.82) is 0 Å². The van der Waals surface area contributed by atoms with Crippen molar-refractivity contribution in [1.82, 2.24) is 0 Å². The predicted molar refractivity (Wildman–Crippen MR) is 70.7 cm³/mol. The molecule has 0 spiro atoms. The first-order valence-electron chi connectivity index (χ1n) is 5.32. The van der Waals surface area contributed by atoms with Gasteiger partial charge in [0.25, 0.3) is 0 Å². The minimum atomic E-state index is -4.74. The van der Waals surface area contributed by atoms with E-state index in [2.05, 4.69) is 9.18 Å². The maximum absolute atomic E-state index is 10.9. The summed E-state index contributed by atoms with van der Waals surface area (Å²) in [6.07, 6.45) is 5.63. The molecule has 104 valence electrons. The molecule has 1 aromatic rings. The molecule has 1 aliphatic rings. The number of carbonyl (C=O) groups excluding carboxylic acids is 1. The fraction of sp³-hybridized carbons (Fsp3) is 0. The zero-order valence-electron chi connectivity index (χ0n) is 9.92. The van der Waals surface area contributed by atoms with E-state index >= 15 is 0 Å². The van der Waals surface area contributed by atoms with Gasteiger partial charge in [-0.05, 0) is 36.4 Å². The molecule has 0 aromatic heterocycles. The molecule has 0 bridgehead atoms. The van der Waals surface area contributed by atoms with Crippen LogP contribution < -0.4 is 4.18 Å². The molecule has 20 heavy (non-hydrogen) atoms.